The van der Waals surface area contributed by atoms with Gasteiger partial charge in [0.25, 0.3) is 0 Å². The second-order valence-corrected chi connectivity index (χ2v) is 15.8. The molecule has 6 amide bonds. The van der Waals surface area contributed by atoms with Crippen LogP contribution < -0.4 is 107 Å². The number of carbonyl (C=O) groups is 7. The monoisotopic (exact) mass is 1070 g/mol. The van der Waals surface area contributed by atoms with Crippen LogP contribution in [0.1, 0.15) is 77.0 Å². The molecule has 0 aliphatic heterocycles. The predicted molar refractivity (Wildman–Crippen MR) is 270 cm³/mol. The Kier molecular flexibility index (Phi) is 34.3. The molecule has 0 heterocycles. The number of nitrogens with zero attached hydrogens (tertiary/aromatic N) is 6. The maximum Gasteiger partial charge on any atom is 0.490 e. The zero-order valence-electron chi connectivity index (χ0n) is 40.9. The van der Waals surface area contributed by atoms with Crippen LogP contribution in [0.4, 0.5) is 13.2 Å². The van der Waals surface area contributed by atoms with Crippen LogP contribution in [0.25, 0.3) is 0 Å². The van der Waals surface area contributed by atoms with Gasteiger partial charge >= 0.3 is 12.1 Å². The first-order valence-corrected chi connectivity index (χ1v) is 22.7. The minimum Gasteiger partial charge on any atom is -0.475 e. The molecule has 0 rings (SSSR count). The van der Waals surface area contributed by atoms with E-state index in [0.717, 1.165) is 0 Å². The van der Waals surface area contributed by atoms with Gasteiger partial charge in [0.2, 0.25) is 35.4 Å². The lowest BCUT2D eigenvalue weighted by Gasteiger charge is -2.27. The number of carboxylic acids is 1. The van der Waals surface area contributed by atoms with Crippen LogP contribution >= 0.6 is 0 Å². The molecule has 0 saturated heterocycles. The first kappa shape index (κ1) is 67.7. The quantitative estimate of drug-likeness (QED) is 0.0159. The number of carboxylic acid groups (broad SMARTS) is 1. The van der Waals surface area contributed by atoms with Crippen LogP contribution in [0, 0.1) is 0 Å². The molecule has 0 spiro atoms. The molecule has 0 saturated carbocycles. The minimum atomic E-state index is -5.08. The minimum absolute atomic E-state index is 0.00670. The van der Waals surface area contributed by atoms with Crippen molar-refractivity contribution in [2.75, 3.05) is 39.3 Å². The molecule has 74 heavy (non-hydrogen) atoms. The second kappa shape index (κ2) is 37.4. The fourth-order valence-electron chi connectivity index (χ4n) is 5.90. The Morgan fingerprint density at radius 2 is 0.554 bits per heavy atom. The lowest BCUT2D eigenvalue weighted by Crippen LogP contribution is -2.59. The van der Waals surface area contributed by atoms with Crippen LogP contribution in [0.15, 0.2) is 30.0 Å². The Balaban J connectivity index is 0. The summed E-state index contributed by atoms with van der Waals surface area (Å²) < 4.78 is 31.7. The van der Waals surface area contributed by atoms with Crippen molar-refractivity contribution in [1.82, 2.24) is 26.6 Å². The molecule has 0 unspecified atom stereocenters. The van der Waals surface area contributed by atoms with Gasteiger partial charge in [0.1, 0.15) is 30.2 Å². The fourth-order valence-corrected chi connectivity index (χ4v) is 5.90. The second-order valence-electron chi connectivity index (χ2n) is 15.8. The molecule has 0 aromatic rings. The van der Waals surface area contributed by atoms with Crippen molar-refractivity contribution in [1.29, 1.82) is 0 Å². The van der Waals surface area contributed by atoms with Crippen molar-refractivity contribution in [2.45, 2.75) is 119 Å². The maximum atomic E-state index is 14.2. The highest BCUT2D eigenvalue weighted by Gasteiger charge is 2.38. The van der Waals surface area contributed by atoms with Gasteiger partial charge < -0.3 is 112 Å². The Morgan fingerprint density at radius 1 is 0.365 bits per heavy atom. The lowest BCUT2D eigenvalue weighted by molar-refractivity contribution is -0.192. The van der Waals surface area contributed by atoms with E-state index in [9.17, 15) is 41.9 Å². The number of aliphatic imine (C=N–C) groups is 6. The predicted octanol–water partition coefficient (Wildman–Crippen LogP) is -8.82. The summed E-state index contributed by atoms with van der Waals surface area (Å²) >= 11 is 0. The number of carbonyl (C=O) groups excluding carboxylic acids is 6. The number of guanidine groups is 6. The molecular weight excluding hydrogens is 992 g/mol. The van der Waals surface area contributed by atoms with Crippen molar-refractivity contribution in [2.24, 2.45) is 110 Å². The van der Waals surface area contributed by atoms with E-state index in [2.05, 4.69) is 56.5 Å². The van der Waals surface area contributed by atoms with Gasteiger partial charge in [-0.3, -0.25) is 58.7 Å². The topological polar surface area (TPSA) is 638 Å². The first-order chi connectivity index (χ1) is 34.5. The number of rotatable bonds is 35. The number of hydrogen-bond acceptors (Lipinski definition) is 14. The van der Waals surface area contributed by atoms with E-state index < -0.39 is 83.8 Å². The summed E-state index contributed by atoms with van der Waals surface area (Å²) in [5.41, 5.74) is 76.9. The van der Waals surface area contributed by atoms with Gasteiger partial charge in [-0.15, -0.1) is 0 Å². The Labute approximate surface area is 424 Å². The van der Waals surface area contributed by atoms with Crippen LogP contribution in [0.5, 0.6) is 0 Å². The molecule has 0 aliphatic carbocycles. The van der Waals surface area contributed by atoms with Crippen molar-refractivity contribution in [3.05, 3.63) is 0 Å². The van der Waals surface area contributed by atoms with Gasteiger partial charge in [-0.1, -0.05) is 0 Å². The van der Waals surface area contributed by atoms with E-state index >= 15 is 0 Å². The van der Waals surface area contributed by atoms with Crippen molar-refractivity contribution < 1.29 is 51.8 Å². The lowest BCUT2D eigenvalue weighted by atomic mass is 10.0. The molecule has 422 valence electrons. The standard InChI is InChI=1S/C36H75N25O6.C2HF3O2/c37-19(7-1-13-51-31(39)40)26(63)58-21(9-3-15-53-33(43)44)28(65)60-23(11-5-17-55-35(47)48)30(67)61-24(12-6-18-56-36(49)50)29(66)59-22(10-4-16-54-34(45)46)27(64)57-20(25(38)62)8-2-14-52-32(41)42;3-2(4,5)1(6)7/h19-24H,1-18,37H2,(H2,38,62)(H,57,64)(H,58,63)(H,59,66)(H,60,65)(H,61,67)(H4,39,40,51)(H4,41,42,52)(H4,43,44,53)(H4,45,46,54)(H4,47,48,55)(H4,49,50,56);(H,6,7)/t19-,20-,21-,22-,23-,24-;/m1./s1. The third-order valence-corrected chi connectivity index (χ3v) is 9.47. The van der Waals surface area contributed by atoms with Gasteiger partial charge in [0.15, 0.2) is 35.8 Å². The smallest absolute Gasteiger partial charge is 0.475 e. The summed E-state index contributed by atoms with van der Waals surface area (Å²) in [5.74, 6) is -8.69. The van der Waals surface area contributed by atoms with E-state index in [4.69, 9.17) is 90.2 Å². The largest absolute Gasteiger partial charge is 0.490 e. The zero-order valence-corrected chi connectivity index (χ0v) is 40.9. The van der Waals surface area contributed by atoms with Crippen molar-refractivity contribution >= 4 is 77.2 Å². The summed E-state index contributed by atoms with van der Waals surface area (Å²) in [5, 5.41) is 20.2. The van der Waals surface area contributed by atoms with E-state index in [1.54, 1.807) is 0 Å². The highest BCUT2D eigenvalue weighted by molar-refractivity contribution is 5.96. The summed E-state index contributed by atoms with van der Waals surface area (Å²) in [7, 11) is 0. The number of primary amides is 1. The molecule has 0 bridgehead atoms. The van der Waals surface area contributed by atoms with E-state index in [1.807, 2.05) is 0 Å². The number of halogens is 3. The Hall–Kier alpha value is -8.34. The number of nitrogens with one attached hydrogen (secondary N) is 5. The molecular formula is C38H76F3N25O8. The molecule has 34 N–H and O–H groups in total. The third-order valence-electron chi connectivity index (χ3n) is 9.47. The van der Waals surface area contributed by atoms with Crippen molar-refractivity contribution in [3.63, 3.8) is 0 Å². The molecule has 36 heteroatoms. The SMILES string of the molecule is NC(=O)[C@@H](CCCN=C(N)N)NC(=O)[C@@H](CCCN=C(N)N)NC(=O)[C@@H](CCCN=C(N)N)NC(=O)[C@@H](CCCN=C(N)N)NC(=O)[C@@H](CCCN=C(N)N)NC(=O)[C@H](N)CCCN=C(N)N.O=C(O)C(F)(F)F. The van der Waals surface area contributed by atoms with Crippen LogP contribution in [0.2, 0.25) is 0 Å². The third kappa shape index (κ3) is 35.7. The maximum absolute atomic E-state index is 14.2. The number of aliphatic carboxylic acids is 1. The highest BCUT2D eigenvalue weighted by Crippen LogP contribution is 2.13. The van der Waals surface area contributed by atoms with Gasteiger partial charge in [-0.25, -0.2) is 4.79 Å². The highest BCUT2D eigenvalue weighted by atomic mass is 19.4. The van der Waals surface area contributed by atoms with Crippen LogP contribution in [0.3, 0.4) is 0 Å². The van der Waals surface area contributed by atoms with Gasteiger partial charge in [0, 0.05) is 39.3 Å². The molecule has 0 aliphatic rings. The summed E-state index contributed by atoms with van der Waals surface area (Å²) in [6, 6.07) is -7.52. The summed E-state index contributed by atoms with van der Waals surface area (Å²) in [4.78, 5) is 114. The Bertz CT molecular complexity index is 1960. The van der Waals surface area contributed by atoms with E-state index in [1.165, 1.54) is 0 Å². The molecule has 33 nitrogen and oxygen atoms in total. The van der Waals surface area contributed by atoms with Gasteiger partial charge in [-0.05, 0) is 77.0 Å². The van der Waals surface area contributed by atoms with Gasteiger partial charge in [0.05, 0.1) is 6.04 Å². The average Bonchev–Trinajstić information content (AvgIpc) is 3.28. The number of hydrogen-bond donors (Lipinski definition) is 20. The molecule has 0 radical (unpaired) electrons. The normalized spacial score (nSPS) is 13.0. The Morgan fingerprint density at radius 3 is 0.757 bits per heavy atom. The zero-order chi connectivity index (χ0) is 57.0. The summed E-state index contributed by atoms with van der Waals surface area (Å²) in [6.07, 6.45) is -3.72. The van der Waals surface area contributed by atoms with E-state index in [0.29, 0.717) is 6.42 Å². The number of amides is 6. The molecule has 6 atom stereocenters. The average molecular weight is 1070 g/mol. The van der Waals surface area contributed by atoms with Crippen LogP contribution in [-0.4, -0.2) is 164 Å². The molecule has 0 fully saturated rings. The number of nitrogens with two attached hydrogens (primary N) is 14. The molecule has 0 aromatic carbocycles. The van der Waals surface area contributed by atoms with E-state index in [-0.39, 0.29) is 146 Å². The van der Waals surface area contributed by atoms with Crippen molar-refractivity contribution in [3.8, 4) is 0 Å². The number of alkyl halides is 3. The molecule has 0 aromatic heterocycles. The summed E-state index contributed by atoms with van der Waals surface area (Å²) in [6.45, 7) is 0.614. The van der Waals surface area contributed by atoms with Gasteiger partial charge in [-0.2, -0.15) is 13.2 Å². The first-order valence-electron chi connectivity index (χ1n) is 22.7. The van der Waals surface area contributed by atoms with Crippen LogP contribution in [-0.2, 0) is 33.6 Å². The fraction of sp³-hybridized carbons (Fsp3) is 0.658.